The van der Waals surface area contributed by atoms with Crippen molar-refractivity contribution in [3.63, 3.8) is 0 Å². The van der Waals surface area contributed by atoms with Crippen molar-refractivity contribution in [1.29, 1.82) is 0 Å². The van der Waals surface area contributed by atoms with E-state index in [1.807, 2.05) is 0 Å². The van der Waals surface area contributed by atoms with Crippen molar-refractivity contribution in [2.75, 3.05) is 6.61 Å². The molecule has 3 rings (SSSR count). The molecule has 0 aliphatic carbocycles. The lowest BCUT2D eigenvalue weighted by atomic mass is 9.98. The van der Waals surface area contributed by atoms with Crippen molar-refractivity contribution in [3.05, 3.63) is 10.4 Å². The van der Waals surface area contributed by atoms with Crippen LogP contribution in [-0.4, -0.2) is 86.5 Å². The van der Waals surface area contributed by atoms with Gasteiger partial charge in [-0.25, -0.2) is 4.68 Å². The Kier molecular flexibility index (Phi) is 4.05. The maximum atomic E-state index is 12.4. The smallest absolute Gasteiger partial charge is 0.300 e. The van der Waals surface area contributed by atoms with E-state index in [4.69, 9.17) is 14.9 Å². The van der Waals surface area contributed by atoms with Gasteiger partial charge in [0.25, 0.3) is 5.56 Å². The van der Waals surface area contributed by atoms with E-state index in [1.165, 1.54) is 0 Å². The third kappa shape index (κ3) is 2.39. The Bertz CT molecular complexity index is 760. The predicted molar refractivity (Wildman–Crippen MR) is 68.6 cm³/mol. The Balaban J connectivity index is 2.08. The summed E-state index contributed by atoms with van der Waals surface area (Å²) in [6, 6.07) is 0. The standard InChI is InChI=1S/C10H14N6O7/c17-1-3-5(19)6(20)7(21)10(23-3)16-9(22)4-8(12-14-16)11-13-15(4)2-18/h3,5-7,10,17-21H,1-2H2. The molecule has 2 aromatic heterocycles. The second-order valence-electron chi connectivity index (χ2n) is 4.96. The highest BCUT2D eigenvalue weighted by Crippen LogP contribution is 2.26. The van der Waals surface area contributed by atoms with Crippen molar-refractivity contribution in [2.24, 2.45) is 0 Å². The van der Waals surface area contributed by atoms with Gasteiger partial charge < -0.3 is 30.3 Å². The SMILES string of the molecule is O=c1c2c(nnn1C1OC(CO)C(O)C(O)C1O)nnn2CO. The van der Waals surface area contributed by atoms with E-state index in [9.17, 15) is 20.1 Å². The van der Waals surface area contributed by atoms with Crippen molar-refractivity contribution >= 4 is 11.2 Å². The van der Waals surface area contributed by atoms with E-state index in [0.717, 1.165) is 4.68 Å². The van der Waals surface area contributed by atoms with Gasteiger partial charge in [0.05, 0.1) is 6.61 Å². The molecule has 126 valence electrons. The highest BCUT2D eigenvalue weighted by atomic mass is 16.6. The van der Waals surface area contributed by atoms with Crippen molar-refractivity contribution < 1.29 is 30.3 Å². The minimum atomic E-state index is -1.70. The molecule has 0 spiro atoms. The zero-order valence-electron chi connectivity index (χ0n) is 11.5. The van der Waals surface area contributed by atoms with E-state index in [-0.39, 0.29) is 11.2 Å². The molecule has 0 aromatic carbocycles. The van der Waals surface area contributed by atoms with Crippen LogP contribution >= 0.6 is 0 Å². The van der Waals surface area contributed by atoms with Gasteiger partial charge in [0.2, 0.25) is 5.65 Å². The number of aliphatic hydroxyl groups excluding tert-OH is 5. The Morgan fingerprint density at radius 2 is 1.74 bits per heavy atom. The third-order valence-corrected chi connectivity index (χ3v) is 3.61. The lowest BCUT2D eigenvalue weighted by molar-refractivity contribution is -0.255. The van der Waals surface area contributed by atoms with E-state index >= 15 is 0 Å². The van der Waals surface area contributed by atoms with Crippen molar-refractivity contribution in [1.82, 2.24) is 30.0 Å². The molecule has 23 heavy (non-hydrogen) atoms. The molecule has 0 radical (unpaired) electrons. The minimum Gasteiger partial charge on any atom is -0.394 e. The second-order valence-corrected chi connectivity index (χ2v) is 4.96. The third-order valence-electron chi connectivity index (χ3n) is 3.61. The summed E-state index contributed by atoms with van der Waals surface area (Å²) in [6.07, 6.45) is -7.64. The van der Waals surface area contributed by atoms with Gasteiger partial charge in [-0.2, -0.15) is 4.68 Å². The summed E-state index contributed by atoms with van der Waals surface area (Å²) in [5.41, 5.74) is -1.14. The number of aliphatic hydroxyl groups is 5. The fraction of sp³-hybridized carbons (Fsp3) is 0.700. The van der Waals surface area contributed by atoms with E-state index in [0.29, 0.717) is 4.68 Å². The van der Waals surface area contributed by atoms with Gasteiger partial charge in [-0.1, -0.05) is 10.4 Å². The molecular formula is C10H14N6O7. The first kappa shape index (κ1) is 15.9. The molecular weight excluding hydrogens is 316 g/mol. The van der Waals surface area contributed by atoms with Gasteiger partial charge in [0.15, 0.2) is 11.7 Å². The summed E-state index contributed by atoms with van der Waals surface area (Å²) in [7, 11) is 0. The maximum Gasteiger partial charge on any atom is 0.300 e. The van der Waals surface area contributed by atoms with Gasteiger partial charge in [0.1, 0.15) is 31.1 Å². The molecule has 0 saturated carbocycles. The zero-order valence-corrected chi connectivity index (χ0v) is 11.5. The van der Waals surface area contributed by atoms with Crippen LogP contribution in [0.3, 0.4) is 0 Å². The topological polar surface area (TPSA) is 189 Å². The van der Waals surface area contributed by atoms with Crippen molar-refractivity contribution in [3.8, 4) is 0 Å². The molecule has 0 bridgehead atoms. The van der Waals surface area contributed by atoms with Crippen LogP contribution in [0.1, 0.15) is 6.23 Å². The van der Waals surface area contributed by atoms with Gasteiger partial charge in [-0.3, -0.25) is 4.79 Å². The highest BCUT2D eigenvalue weighted by Gasteiger charge is 2.45. The number of hydrogen-bond acceptors (Lipinski definition) is 11. The summed E-state index contributed by atoms with van der Waals surface area (Å²) in [5.74, 6) is 0. The summed E-state index contributed by atoms with van der Waals surface area (Å²) >= 11 is 0. The number of hydrogen-bond donors (Lipinski definition) is 5. The van der Waals surface area contributed by atoms with Crippen LogP contribution in [0.4, 0.5) is 0 Å². The Labute approximate surface area is 127 Å². The quantitative estimate of drug-likeness (QED) is 0.363. The van der Waals surface area contributed by atoms with Crippen LogP contribution < -0.4 is 5.56 Å². The first-order valence-electron chi connectivity index (χ1n) is 6.59. The molecule has 5 atom stereocenters. The monoisotopic (exact) mass is 330 g/mol. The van der Waals surface area contributed by atoms with Crippen LogP contribution in [0.25, 0.3) is 11.2 Å². The summed E-state index contributed by atoms with van der Waals surface area (Å²) in [6.45, 7) is -1.28. The fourth-order valence-electron chi connectivity index (χ4n) is 2.37. The number of aromatic nitrogens is 6. The summed E-state index contributed by atoms with van der Waals surface area (Å²) < 4.78 is 6.73. The normalized spacial score (nSPS) is 31.6. The van der Waals surface area contributed by atoms with Gasteiger partial charge in [-0.05, 0) is 0 Å². The van der Waals surface area contributed by atoms with Crippen LogP contribution in [0.5, 0.6) is 0 Å². The molecule has 5 unspecified atom stereocenters. The molecule has 13 nitrogen and oxygen atoms in total. The Hall–Kier alpha value is -2.03. The van der Waals surface area contributed by atoms with Crippen LogP contribution in [0.15, 0.2) is 4.79 Å². The highest BCUT2D eigenvalue weighted by molar-refractivity contribution is 5.67. The molecule has 13 heteroatoms. The van der Waals surface area contributed by atoms with E-state index in [2.05, 4.69) is 20.6 Å². The summed E-state index contributed by atoms with van der Waals surface area (Å²) in [5, 5.41) is 62.1. The molecule has 1 aliphatic rings. The first-order chi connectivity index (χ1) is 11.0. The molecule has 1 fully saturated rings. The number of fused-ring (bicyclic) bond motifs is 1. The minimum absolute atomic E-state index is 0.120. The zero-order chi connectivity index (χ0) is 16.7. The lowest BCUT2D eigenvalue weighted by Crippen LogP contribution is -2.58. The maximum absolute atomic E-state index is 12.4. The van der Waals surface area contributed by atoms with E-state index in [1.54, 1.807) is 0 Å². The molecule has 0 amide bonds. The predicted octanol–water partition coefficient (Wildman–Crippen LogP) is -4.69. The van der Waals surface area contributed by atoms with E-state index < -0.39 is 49.5 Å². The number of ether oxygens (including phenoxy) is 1. The van der Waals surface area contributed by atoms with Crippen LogP contribution in [-0.2, 0) is 11.5 Å². The molecule has 2 aromatic rings. The van der Waals surface area contributed by atoms with Gasteiger partial charge >= 0.3 is 0 Å². The number of nitrogens with zero attached hydrogens (tertiary/aromatic N) is 6. The van der Waals surface area contributed by atoms with Crippen molar-refractivity contribution in [2.45, 2.75) is 37.4 Å². The van der Waals surface area contributed by atoms with Crippen LogP contribution in [0.2, 0.25) is 0 Å². The fourth-order valence-corrected chi connectivity index (χ4v) is 2.37. The largest absolute Gasteiger partial charge is 0.394 e. The summed E-state index contributed by atoms with van der Waals surface area (Å²) in [4.78, 5) is 12.4. The number of rotatable bonds is 3. The average Bonchev–Trinajstić information content (AvgIpc) is 2.98. The Morgan fingerprint density at radius 1 is 1.04 bits per heavy atom. The van der Waals surface area contributed by atoms with Gasteiger partial charge in [-0.15, -0.1) is 10.2 Å². The lowest BCUT2D eigenvalue weighted by Gasteiger charge is -2.39. The van der Waals surface area contributed by atoms with Crippen LogP contribution in [0, 0.1) is 0 Å². The second kappa shape index (κ2) is 5.88. The Morgan fingerprint density at radius 3 is 2.39 bits per heavy atom. The average molecular weight is 330 g/mol. The molecule has 5 N–H and O–H groups in total. The first-order valence-corrected chi connectivity index (χ1v) is 6.59. The molecule has 1 aliphatic heterocycles. The molecule has 3 heterocycles. The molecule has 1 saturated heterocycles. The van der Waals surface area contributed by atoms with Gasteiger partial charge in [0, 0.05) is 0 Å².